The van der Waals surface area contributed by atoms with Gasteiger partial charge in [0, 0.05) is 51.0 Å². The lowest BCUT2D eigenvalue weighted by Gasteiger charge is -2.60. The molecule has 0 aromatic heterocycles. The van der Waals surface area contributed by atoms with Crippen molar-refractivity contribution in [2.75, 3.05) is 6.61 Å². The molecule has 0 aromatic rings. The molecular formula is C50H72O14. The zero-order valence-electron chi connectivity index (χ0n) is 38.8. The number of rotatable bonds is 3. The van der Waals surface area contributed by atoms with E-state index in [-0.39, 0.29) is 116 Å². The Morgan fingerprint density at radius 3 is 2.30 bits per heavy atom. The van der Waals surface area contributed by atoms with Crippen LogP contribution in [0.1, 0.15) is 126 Å². The fourth-order valence-corrected chi connectivity index (χ4v) is 14.0. The van der Waals surface area contributed by atoms with E-state index in [1.807, 2.05) is 13.8 Å². The van der Waals surface area contributed by atoms with Crippen molar-refractivity contribution in [2.45, 2.75) is 257 Å². The molecule has 2 N–H and O–H groups in total. The lowest BCUT2D eigenvalue weighted by Crippen LogP contribution is -2.70. The van der Waals surface area contributed by atoms with Gasteiger partial charge in [0.05, 0.1) is 114 Å². The average Bonchev–Trinajstić information content (AvgIpc) is 3.43. The van der Waals surface area contributed by atoms with Crippen molar-refractivity contribution in [1.82, 2.24) is 0 Å². The van der Waals surface area contributed by atoms with Gasteiger partial charge in [0.25, 0.3) is 0 Å². The largest absolute Gasteiger partial charge is 0.456 e. The molecule has 356 valence electrons. The van der Waals surface area contributed by atoms with Gasteiger partial charge >= 0.3 is 5.97 Å². The second-order valence-corrected chi connectivity index (χ2v) is 22.8. The Bertz CT molecular complexity index is 1910. The zero-order valence-corrected chi connectivity index (χ0v) is 38.8. The summed E-state index contributed by atoms with van der Waals surface area (Å²) in [6.07, 6.45) is 9.32. The maximum Gasteiger partial charge on any atom is 0.331 e. The monoisotopic (exact) mass is 896 g/mol. The van der Waals surface area contributed by atoms with E-state index in [4.69, 9.17) is 52.1 Å². The highest BCUT2D eigenvalue weighted by Gasteiger charge is 2.64. The predicted octanol–water partition coefficient (Wildman–Crippen LogP) is 5.27. The molecule has 0 bridgehead atoms. The highest BCUT2D eigenvalue weighted by molar-refractivity contribution is 5.84. The molecule has 0 radical (unpaired) electrons. The fourth-order valence-electron chi connectivity index (χ4n) is 14.0. The van der Waals surface area contributed by atoms with Gasteiger partial charge in [-0.05, 0) is 90.7 Å². The highest BCUT2D eigenvalue weighted by Crippen LogP contribution is 2.55. The minimum Gasteiger partial charge on any atom is -0.456 e. The van der Waals surface area contributed by atoms with Crippen LogP contribution >= 0.6 is 0 Å². The van der Waals surface area contributed by atoms with Gasteiger partial charge in [-0.2, -0.15) is 0 Å². The first-order valence-electron chi connectivity index (χ1n) is 24.5. The number of aliphatic hydroxyl groups excluding tert-OH is 2. The van der Waals surface area contributed by atoms with Crippen LogP contribution in [0.3, 0.4) is 0 Å². The van der Waals surface area contributed by atoms with Gasteiger partial charge in [-0.3, -0.25) is 0 Å². The van der Waals surface area contributed by atoms with Gasteiger partial charge in [-0.1, -0.05) is 25.7 Å². The first-order valence-corrected chi connectivity index (χ1v) is 24.5. The summed E-state index contributed by atoms with van der Waals surface area (Å²) < 4.78 is 75.7. The van der Waals surface area contributed by atoms with Gasteiger partial charge < -0.3 is 62.3 Å². The minimum absolute atomic E-state index is 0.101. The molecule has 11 aliphatic heterocycles. The summed E-state index contributed by atoms with van der Waals surface area (Å²) in [6.45, 7) is 18.7. The van der Waals surface area contributed by atoms with Crippen molar-refractivity contribution >= 4 is 5.97 Å². The van der Waals surface area contributed by atoms with Crippen molar-refractivity contribution in [3.8, 4) is 0 Å². The predicted molar refractivity (Wildman–Crippen MR) is 229 cm³/mol. The summed E-state index contributed by atoms with van der Waals surface area (Å²) in [4.78, 5) is 12.3. The van der Waals surface area contributed by atoms with Crippen LogP contribution in [0, 0.1) is 5.92 Å². The molecule has 0 saturated carbocycles. The molecule has 9 fully saturated rings. The van der Waals surface area contributed by atoms with E-state index < -0.39 is 34.1 Å². The second kappa shape index (κ2) is 15.9. The summed E-state index contributed by atoms with van der Waals surface area (Å²) in [5.74, 6) is -0.141. The summed E-state index contributed by atoms with van der Waals surface area (Å²) in [7, 11) is 0. The maximum absolute atomic E-state index is 12.3. The smallest absolute Gasteiger partial charge is 0.331 e. The zero-order chi connectivity index (χ0) is 44.7. The highest BCUT2D eigenvalue weighted by atomic mass is 16.7. The quantitative estimate of drug-likeness (QED) is 0.279. The molecule has 11 rings (SSSR count). The van der Waals surface area contributed by atoms with E-state index in [1.54, 1.807) is 6.08 Å². The summed E-state index contributed by atoms with van der Waals surface area (Å²) in [5, 5.41) is 21.0. The number of aliphatic hydroxyl groups is 2. The van der Waals surface area contributed by atoms with Crippen molar-refractivity contribution in [1.29, 1.82) is 0 Å². The molecule has 9 saturated heterocycles. The van der Waals surface area contributed by atoms with E-state index in [1.165, 1.54) is 0 Å². The molecule has 0 aromatic carbocycles. The second-order valence-electron chi connectivity index (χ2n) is 22.8. The molecule has 0 aliphatic carbocycles. The molecule has 64 heavy (non-hydrogen) atoms. The number of hydrogen-bond acceptors (Lipinski definition) is 14. The number of carbonyl (C=O) groups excluding carboxylic acids is 1. The van der Waals surface area contributed by atoms with Crippen LogP contribution in [-0.4, -0.2) is 155 Å². The minimum atomic E-state index is -0.886. The normalized spacial score (nSPS) is 57.0. The summed E-state index contributed by atoms with van der Waals surface area (Å²) >= 11 is 0. The van der Waals surface area contributed by atoms with E-state index in [9.17, 15) is 15.0 Å². The van der Waals surface area contributed by atoms with Crippen LogP contribution in [0.4, 0.5) is 0 Å². The fraction of sp³-hybridized carbons (Fsp3) is 0.860. The standard InChI is InChI=1S/C50H72O14/c1-25(24-51)14-28-17-37(52)50(8)41(54-28)19-33-34(61-50)18-32-29(55-33)10-9-12-46(4)42(58-32)23-49(7)40(62-46)21-39-47(5,64-49)13-11-30-44(60-39)26(2)15-31-36(56-30)22-48(6)38(57-31)20-35-45(63-48)27(3)16-43(53)59-35/h9-10,16,26,28-42,44-45,51-52H,1,11-15,17-24H2,2-8H3/b10-9-. The van der Waals surface area contributed by atoms with Gasteiger partial charge in [0.2, 0.25) is 0 Å². The van der Waals surface area contributed by atoms with E-state index in [0.717, 1.165) is 24.8 Å². The third kappa shape index (κ3) is 7.46. The van der Waals surface area contributed by atoms with Crippen LogP contribution in [0.25, 0.3) is 0 Å². The van der Waals surface area contributed by atoms with Crippen molar-refractivity contribution in [3.63, 3.8) is 0 Å². The molecule has 0 spiro atoms. The molecule has 11 heterocycles. The summed E-state index contributed by atoms with van der Waals surface area (Å²) in [6, 6.07) is 0. The Morgan fingerprint density at radius 1 is 0.719 bits per heavy atom. The number of fused-ring (bicyclic) bond motifs is 10. The third-order valence-corrected chi connectivity index (χ3v) is 17.9. The first-order chi connectivity index (χ1) is 30.4. The SMILES string of the molecule is C=C(CO)CC1CC(O)C2(C)OC3CC4OC5CC6(C)OC7(C)CCC8OC9CC%10(C)OC%11C(C)=CC(=O)OC%11CC%10OC9CC(C)C8OC7CC6OC5(C)C/C=C\C4OC3CC2O1. The van der Waals surface area contributed by atoms with Crippen LogP contribution in [0.5, 0.6) is 0 Å². The molecule has 14 nitrogen and oxygen atoms in total. The topological polar surface area (TPSA) is 159 Å². The molecular weight excluding hydrogens is 825 g/mol. The number of ether oxygens (including phenoxy) is 11. The Morgan fingerprint density at radius 2 is 1.48 bits per heavy atom. The molecule has 0 amide bonds. The molecule has 14 heteroatoms. The van der Waals surface area contributed by atoms with E-state index in [2.05, 4.69) is 53.3 Å². The van der Waals surface area contributed by atoms with Crippen LogP contribution in [0.15, 0.2) is 36.0 Å². The summed E-state index contributed by atoms with van der Waals surface area (Å²) in [5.41, 5.74) is -1.68. The van der Waals surface area contributed by atoms with E-state index >= 15 is 0 Å². The third-order valence-electron chi connectivity index (χ3n) is 17.9. The van der Waals surface area contributed by atoms with Crippen LogP contribution in [0.2, 0.25) is 0 Å². The Labute approximate surface area is 377 Å². The van der Waals surface area contributed by atoms with Crippen molar-refractivity contribution in [3.05, 3.63) is 36.0 Å². The van der Waals surface area contributed by atoms with Gasteiger partial charge in [0.15, 0.2) is 0 Å². The number of carbonyl (C=O) groups is 1. The van der Waals surface area contributed by atoms with Crippen LogP contribution in [-0.2, 0) is 56.9 Å². The van der Waals surface area contributed by atoms with Gasteiger partial charge in [0.1, 0.15) is 23.9 Å². The lowest BCUT2D eigenvalue weighted by atomic mass is 9.72. The van der Waals surface area contributed by atoms with Crippen molar-refractivity contribution in [2.24, 2.45) is 5.92 Å². The van der Waals surface area contributed by atoms with E-state index in [0.29, 0.717) is 63.4 Å². The number of hydrogen-bond donors (Lipinski definition) is 2. The van der Waals surface area contributed by atoms with Crippen LogP contribution < -0.4 is 0 Å². The molecule has 23 unspecified atom stereocenters. The van der Waals surface area contributed by atoms with Crippen molar-refractivity contribution < 1.29 is 67.1 Å². The first kappa shape index (κ1) is 44.7. The molecule has 23 atom stereocenters. The Balaban J connectivity index is 0.776. The Kier molecular flexibility index (Phi) is 11.1. The Hall–Kier alpha value is -1.79. The number of esters is 1. The molecule has 11 aliphatic rings. The average molecular weight is 897 g/mol. The van der Waals surface area contributed by atoms with Gasteiger partial charge in [-0.15, -0.1) is 0 Å². The maximum atomic E-state index is 12.3. The van der Waals surface area contributed by atoms with Gasteiger partial charge in [-0.25, -0.2) is 4.79 Å². The lowest BCUT2D eigenvalue weighted by molar-refractivity contribution is -0.356.